The Balaban J connectivity index is 1.50. The second-order valence-electron chi connectivity index (χ2n) is 5.99. The standard InChI is InChI=1S/C20H23NO3/c22-20(19-11-4-5-12-23-19)21-14-17-9-6-10-18(13-17)24-15-16-7-2-1-3-8-16/h1-3,6-10,13,19H,4-5,11-12,14-15H2,(H,21,22)/t19-/m1/s1. The molecule has 24 heavy (non-hydrogen) atoms. The van der Waals surface area contributed by atoms with Gasteiger partial charge in [-0.05, 0) is 42.5 Å². The van der Waals surface area contributed by atoms with E-state index in [1.165, 1.54) is 0 Å². The first-order valence-corrected chi connectivity index (χ1v) is 8.46. The molecule has 2 aromatic rings. The molecule has 4 heteroatoms. The van der Waals surface area contributed by atoms with Crippen molar-refractivity contribution in [2.24, 2.45) is 0 Å². The molecular formula is C20H23NO3. The Bertz CT molecular complexity index is 651. The number of carbonyl (C=O) groups excluding carboxylic acids is 1. The second-order valence-corrected chi connectivity index (χ2v) is 5.99. The summed E-state index contributed by atoms with van der Waals surface area (Å²) in [5.41, 5.74) is 2.15. The topological polar surface area (TPSA) is 47.6 Å². The molecule has 0 aliphatic carbocycles. The van der Waals surface area contributed by atoms with Crippen molar-refractivity contribution in [1.82, 2.24) is 5.32 Å². The molecule has 4 nitrogen and oxygen atoms in total. The molecular weight excluding hydrogens is 302 g/mol. The summed E-state index contributed by atoms with van der Waals surface area (Å²) in [5, 5.41) is 2.95. The van der Waals surface area contributed by atoms with Crippen molar-refractivity contribution in [2.45, 2.75) is 38.5 Å². The van der Waals surface area contributed by atoms with E-state index in [0.29, 0.717) is 19.8 Å². The number of carbonyl (C=O) groups is 1. The van der Waals surface area contributed by atoms with Crippen molar-refractivity contribution < 1.29 is 14.3 Å². The van der Waals surface area contributed by atoms with Crippen molar-refractivity contribution in [1.29, 1.82) is 0 Å². The zero-order valence-corrected chi connectivity index (χ0v) is 13.7. The fraction of sp³-hybridized carbons (Fsp3) is 0.350. The quantitative estimate of drug-likeness (QED) is 0.885. The Labute approximate surface area is 142 Å². The number of rotatable bonds is 6. The van der Waals surface area contributed by atoms with Crippen LogP contribution >= 0.6 is 0 Å². The number of amides is 1. The van der Waals surface area contributed by atoms with Gasteiger partial charge in [0.1, 0.15) is 18.5 Å². The number of nitrogens with one attached hydrogen (secondary N) is 1. The summed E-state index contributed by atoms with van der Waals surface area (Å²) >= 11 is 0. The maximum atomic E-state index is 12.1. The van der Waals surface area contributed by atoms with Crippen LogP contribution in [0.25, 0.3) is 0 Å². The average molecular weight is 325 g/mol. The highest BCUT2D eigenvalue weighted by Crippen LogP contribution is 2.16. The van der Waals surface area contributed by atoms with Gasteiger partial charge in [-0.15, -0.1) is 0 Å². The van der Waals surface area contributed by atoms with E-state index in [9.17, 15) is 4.79 Å². The van der Waals surface area contributed by atoms with Gasteiger partial charge in [0.2, 0.25) is 5.91 Å². The molecule has 0 saturated carbocycles. The van der Waals surface area contributed by atoms with Crippen LogP contribution in [0.15, 0.2) is 54.6 Å². The van der Waals surface area contributed by atoms with Crippen LogP contribution in [0.2, 0.25) is 0 Å². The highest BCUT2D eigenvalue weighted by atomic mass is 16.5. The monoisotopic (exact) mass is 325 g/mol. The van der Waals surface area contributed by atoms with Crippen LogP contribution in [0.3, 0.4) is 0 Å². The van der Waals surface area contributed by atoms with E-state index < -0.39 is 0 Å². The van der Waals surface area contributed by atoms with Crippen molar-refractivity contribution in [3.8, 4) is 5.75 Å². The number of benzene rings is 2. The Morgan fingerprint density at radius 2 is 1.92 bits per heavy atom. The van der Waals surface area contributed by atoms with Crippen molar-refractivity contribution >= 4 is 5.91 Å². The lowest BCUT2D eigenvalue weighted by molar-refractivity contribution is -0.135. The highest BCUT2D eigenvalue weighted by Gasteiger charge is 2.21. The predicted molar refractivity (Wildman–Crippen MR) is 92.7 cm³/mol. The first-order valence-electron chi connectivity index (χ1n) is 8.46. The largest absolute Gasteiger partial charge is 0.489 e. The molecule has 1 aliphatic rings. The molecule has 1 aliphatic heterocycles. The van der Waals surface area contributed by atoms with Gasteiger partial charge >= 0.3 is 0 Å². The highest BCUT2D eigenvalue weighted by molar-refractivity contribution is 5.80. The van der Waals surface area contributed by atoms with Gasteiger partial charge in [0.05, 0.1) is 0 Å². The lowest BCUT2D eigenvalue weighted by Crippen LogP contribution is -2.37. The van der Waals surface area contributed by atoms with Crippen LogP contribution < -0.4 is 10.1 Å². The summed E-state index contributed by atoms with van der Waals surface area (Å²) in [6, 6.07) is 17.9. The fourth-order valence-electron chi connectivity index (χ4n) is 2.74. The summed E-state index contributed by atoms with van der Waals surface area (Å²) in [6.07, 6.45) is 2.62. The van der Waals surface area contributed by atoms with Gasteiger partial charge in [-0.1, -0.05) is 42.5 Å². The van der Waals surface area contributed by atoms with Crippen LogP contribution in [-0.2, 0) is 22.7 Å². The average Bonchev–Trinajstić information content (AvgIpc) is 2.66. The molecule has 1 heterocycles. The minimum atomic E-state index is -0.295. The lowest BCUT2D eigenvalue weighted by Gasteiger charge is -2.21. The van der Waals surface area contributed by atoms with E-state index >= 15 is 0 Å². The van der Waals surface area contributed by atoms with Crippen LogP contribution in [0.1, 0.15) is 30.4 Å². The third-order valence-corrected chi connectivity index (χ3v) is 4.09. The fourth-order valence-corrected chi connectivity index (χ4v) is 2.74. The molecule has 0 unspecified atom stereocenters. The predicted octanol–water partition coefficient (Wildman–Crippen LogP) is 3.45. The van der Waals surface area contributed by atoms with E-state index in [4.69, 9.17) is 9.47 Å². The van der Waals surface area contributed by atoms with Gasteiger partial charge in [-0.25, -0.2) is 0 Å². The van der Waals surface area contributed by atoms with Crippen LogP contribution in [0.4, 0.5) is 0 Å². The molecule has 0 bridgehead atoms. The minimum absolute atomic E-state index is 0.0229. The molecule has 126 valence electrons. The van der Waals surface area contributed by atoms with E-state index in [1.807, 2.05) is 54.6 Å². The summed E-state index contributed by atoms with van der Waals surface area (Å²) in [7, 11) is 0. The van der Waals surface area contributed by atoms with Crippen LogP contribution in [0.5, 0.6) is 5.75 Å². The Morgan fingerprint density at radius 1 is 1.08 bits per heavy atom. The third-order valence-electron chi connectivity index (χ3n) is 4.09. The van der Waals surface area contributed by atoms with Crippen molar-refractivity contribution in [2.75, 3.05) is 6.61 Å². The molecule has 3 rings (SSSR count). The van der Waals surface area contributed by atoms with Gasteiger partial charge in [0.25, 0.3) is 0 Å². The van der Waals surface area contributed by atoms with Crippen molar-refractivity contribution in [3.63, 3.8) is 0 Å². The molecule has 0 radical (unpaired) electrons. The SMILES string of the molecule is O=C(NCc1cccc(OCc2ccccc2)c1)[C@H]1CCCCO1. The number of hydrogen-bond acceptors (Lipinski definition) is 3. The smallest absolute Gasteiger partial charge is 0.249 e. The zero-order valence-electron chi connectivity index (χ0n) is 13.7. The van der Waals surface area contributed by atoms with Crippen LogP contribution in [0, 0.1) is 0 Å². The van der Waals surface area contributed by atoms with Crippen molar-refractivity contribution in [3.05, 3.63) is 65.7 Å². The van der Waals surface area contributed by atoms with E-state index in [1.54, 1.807) is 0 Å². The van der Waals surface area contributed by atoms with Crippen LogP contribution in [-0.4, -0.2) is 18.6 Å². The number of hydrogen-bond donors (Lipinski definition) is 1. The summed E-state index contributed by atoms with van der Waals surface area (Å²) in [5.74, 6) is 0.782. The maximum Gasteiger partial charge on any atom is 0.249 e. The Kier molecular flexibility index (Phi) is 5.85. The van der Waals surface area contributed by atoms with Gasteiger partial charge in [0, 0.05) is 13.2 Å². The molecule has 2 aromatic carbocycles. The molecule has 0 spiro atoms. The van der Waals surface area contributed by atoms with Gasteiger partial charge in [-0.2, -0.15) is 0 Å². The molecule has 1 atom stereocenters. The van der Waals surface area contributed by atoms with E-state index in [2.05, 4.69) is 5.32 Å². The molecule has 1 amide bonds. The third kappa shape index (κ3) is 4.83. The van der Waals surface area contributed by atoms with Gasteiger partial charge in [-0.3, -0.25) is 4.79 Å². The normalized spacial score (nSPS) is 17.2. The zero-order chi connectivity index (χ0) is 16.6. The molecule has 1 N–H and O–H groups in total. The summed E-state index contributed by atoms with van der Waals surface area (Å²) < 4.78 is 11.3. The summed E-state index contributed by atoms with van der Waals surface area (Å²) in [4.78, 5) is 12.1. The van der Waals surface area contributed by atoms with E-state index in [-0.39, 0.29) is 12.0 Å². The first-order chi connectivity index (χ1) is 11.8. The Hall–Kier alpha value is -2.33. The Morgan fingerprint density at radius 3 is 2.71 bits per heavy atom. The first kappa shape index (κ1) is 16.5. The molecule has 1 saturated heterocycles. The van der Waals surface area contributed by atoms with Gasteiger partial charge in [0.15, 0.2) is 0 Å². The summed E-state index contributed by atoms with van der Waals surface area (Å²) in [6.45, 7) is 1.70. The number of ether oxygens (including phenoxy) is 2. The second kappa shape index (κ2) is 8.50. The lowest BCUT2D eigenvalue weighted by atomic mass is 10.1. The van der Waals surface area contributed by atoms with Gasteiger partial charge < -0.3 is 14.8 Å². The minimum Gasteiger partial charge on any atom is -0.489 e. The molecule has 0 aromatic heterocycles. The maximum absolute atomic E-state index is 12.1. The molecule has 1 fully saturated rings. The van der Waals surface area contributed by atoms with E-state index in [0.717, 1.165) is 36.1 Å².